The summed E-state index contributed by atoms with van der Waals surface area (Å²) in [7, 11) is 4.15. The number of para-hydroxylation sites is 1. The molecule has 4 rings (SSSR count). The molecule has 0 N–H and O–H groups in total. The minimum Gasteiger partial charge on any atom is -0.379 e. The molecule has 1 aromatic heterocycles. The zero-order valence-corrected chi connectivity index (χ0v) is 15.9. The first-order valence-electron chi connectivity index (χ1n) is 9.38. The Labute approximate surface area is 154 Å². The van der Waals surface area contributed by atoms with Crippen molar-refractivity contribution in [3.8, 4) is 5.69 Å². The minimum atomic E-state index is 0.0928. The van der Waals surface area contributed by atoms with Crippen molar-refractivity contribution in [2.45, 2.75) is 19.5 Å². The molecular weight excluding hydrogens is 328 g/mol. The van der Waals surface area contributed by atoms with E-state index in [1.807, 2.05) is 49.0 Å². The summed E-state index contributed by atoms with van der Waals surface area (Å²) in [5, 5.41) is 0. The van der Waals surface area contributed by atoms with Crippen molar-refractivity contribution >= 4 is 0 Å². The van der Waals surface area contributed by atoms with Crippen LogP contribution in [0.1, 0.15) is 11.3 Å². The predicted octanol–water partition coefficient (Wildman–Crippen LogP) is 1.25. The summed E-state index contributed by atoms with van der Waals surface area (Å²) in [6.07, 6.45) is 0. The van der Waals surface area contributed by atoms with Crippen molar-refractivity contribution in [1.82, 2.24) is 19.2 Å². The molecule has 2 aromatic rings. The smallest absolute Gasteiger partial charge is 0.276 e. The van der Waals surface area contributed by atoms with Gasteiger partial charge in [-0.2, -0.15) is 0 Å². The molecule has 1 aromatic carbocycles. The third-order valence-corrected chi connectivity index (χ3v) is 5.87. The molecule has 0 amide bonds. The van der Waals surface area contributed by atoms with Crippen LogP contribution in [0.4, 0.5) is 0 Å². The number of aromatic nitrogens is 2. The number of hydrogen-bond donors (Lipinski definition) is 0. The number of ether oxygens (including phenoxy) is 1. The van der Waals surface area contributed by atoms with Crippen molar-refractivity contribution in [2.75, 3.05) is 39.9 Å². The zero-order chi connectivity index (χ0) is 18.3. The predicted molar refractivity (Wildman–Crippen MR) is 102 cm³/mol. The summed E-state index contributed by atoms with van der Waals surface area (Å²) in [6, 6.07) is 10.3. The summed E-state index contributed by atoms with van der Waals surface area (Å²) < 4.78 is 9.57. The van der Waals surface area contributed by atoms with E-state index in [-0.39, 0.29) is 5.56 Å². The highest BCUT2D eigenvalue weighted by molar-refractivity contribution is 5.33. The van der Waals surface area contributed by atoms with Gasteiger partial charge in [-0.15, -0.1) is 0 Å². The highest BCUT2D eigenvalue weighted by atomic mass is 16.5. The maximum atomic E-state index is 13.2. The van der Waals surface area contributed by atoms with Crippen LogP contribution in [0.3, 0.4) is 0 Å². The fourth-order valence-electron chi connectivity index (χ4n) is 4.31. The molecule has 0 radical (unpaired) electrons. The quantitative estimate of drug-likeness (QED) is 0.830. The Morgan fingerprint density at radius 2 is 1.85 bits per heavy atom. The Morgan fingerprint density at radius 1 is 1.08 bits per heavy atom. The SMILES string of the molecule is Cc1c(CN2C[C@@H]3COC[C@H](C2)N(C)C3)c(=O)n(-c2ccccc2)n1C. The van der Waals surface area contributed by atoms with Crippen LogP contribution >= 0.6 is 0 Å². The van der Waals surface area contributed by atoms with Crippen molar-refractivity contribution in [2.24, 2.45) is 13.0 Å². The lowest BCUT2D eigenvalue weighted by Crippen LogP contribution is -2.42. The molecule has 0 spiro atoms. The molecule has 2 aliphatic heterocycles. The molecule has 3 heterocycles. The van der Waals surface area contributed by atoms with E-state index in [0.29, 0.717) is 18.5 Å². The monoisotopic (exact) mass is 356 g/mol. The fraction of sp³-hybridized carbons (Fsp3) is 0.550. The summed E-state index contributed by atoms with van der Waals surface area (Å²) in [5.74, 6) is 0.507. The van der Waals surface area contributed by atoms with E-state index >= 15 is 0 Å². The first kappa shape index (κ1) is 17.5. The summed E-state index contributed by atoms with van der Waals surface area (Å²) >= 11 is 0. The molecule has 2 saturated heterocycles. The molecule has 26 heavy (non-hydrogen) atoms. The average Bonchev–Trinajstić information content (AvgIpc) is 2.77. The van der Waals surface area contributed by atoms with E-state index in [4.69, 9.17) is 4.74 Å². The van der Waals surface area contributed by atoms with Gasteiger partial charge in [0.1, 0.15) is 0 Å². The van der Waals surface area contributed by atoms with Gasteiger partial charge in [-0.25, -0.2) is 4.68 Å². The van der Waals surface area contributed by atoms with Gasteiger partial charge in [0.2, 0.25) is 0 Å². The van der Waals surface area contributed by atoms with Crippen LogP contribution in [0.25, 0.3) is 5.69 Å². The maximum Gasteiger partial charge on any atom is 0.276 e. The van der Waals surface area contributed by atoms with Gasteiger partial charge in [-0.05, 0) is 26.1 Å². The van der Waals surface area contributed by atoms with E-state index < -0.39 is 0 Å². The van der Waals surface area contributed by atoms with E-state index in [1.54, 1.807) is 4.68 Å². The zero-order valence-electron chi connectivity index (χ0n) is 15.9. The van der Waals surface area contributed by atoms with Crippen LogP contribution in [0, 0.1) is 12.8 Å². The Bertz CT molecular complexity index is 826. The van der Waals surface area contributed by atoms with Gasteiger partial charge < -0.3 is 4.74 Å². The van der Waals surface area contributed by atoms with Gasteiger partial charge in [-0.3, -0.25) is 19.3 Å². The lowest BCUT2D eigenvalue weighted by atomic mass is 10.1. The lowest BCUT2D eigenvalue weighted by molar-refractivity contribution is 0.0514. The number of nitrogens with zero attached hydrogens (tertiary/aromatic N) is 4. The topological polar surface area (TPSA) is 42.6 Å². The molecule has 0 aliphatic carbocycles. The number of rotatable bonds is 3. The fourth-order valence-corrected chi connectivity index (χ4v) is 4.31. The van der Waals surface area contributed by atoms with Crippen LogP contribution in [-0.4, -0.2) is 65.1 Å². The molecular formula is C20H28N4O2. The number of hydrogen-bond acceptors (Lipinski definition) is 4. The summed E-state index contributed by atoms with van der Waals surface area (Å²) in [6.45, 7) is 7.36. The maximum absolute atomic E-state index is 13.2. The van der Waals surface area contributed by atoms with Crippen molar-refractivity contribution in [3.63, 3.8) is 0 Å². The molecule has 2 fully saturated rings. The van der Waals surface area contributed by atoms with Crippen molar-refractivity contribution < 1.29 is 4.74 Å². The highest BCUT2D eigenvalue weighted by Gasteiger charge is 2.32. The molecule has 2 bridgehead atoms. The van der Waals surface area contributed by atoms with E-state index in [1.165, 1.54) is 0 Å². The first-order valence-corrected chi connectivity index (χ1v) is 9.38. The Balaban J connectivity index is 1.64. The van der Waals surface area contributed by atoms with Crippen LogP contribution < -0.4 is 5.56 Å². The second kappa shape index (κ2) is 7.02. The Morgan fingerprint density at radius 3 is 2.62 bits per heavy atom. The molecule has 6 heteroatoms. The van der Waals surface area contributed by atoms with Crippen LogP contribution in [0.15, 0.2) is 35.1 Å². The largest absolute Gasteiger partial charge is 0.379 e. The third-order valence-electron chi connectivity index (χ3n) is 5.87. The number of likely N-dealkylation sites (N-methyl/N-ethyl adjacent to an activating group) is 1. The van der Waals surface area contributed by atoms with Crippen LogP contribution in [0.5, 0.6) is 0 Å². The Kier molecular flexibility index (Phi) is 4.73. The standard InChI is InChI=1S/C20H28N4O2/c1-15-19(20(25)24(22(15)3)17-7-5-4-6-8-17)12-23-10-16-9-21(2)18(11-23)14-26-13-16/h4-8,16,18H,9-14H2,1-3H3/t16-,18+/m1/s1. The first-order chi connectivity index (χ1) is 12.5. The molecule has 6 nitrogen and oxygen atoms in total. The number of fused-ring (bicyclic) bond motifs is 3. The summed E-state index contributed by atoms with van der Waals surface area (Å²) in [4.78, 5) is 18.0. The van der Waals surface area contributed by atoms with Crippen LogP contribution in [-0.2, 0) is 18.3 Å². The minimum absolute atomic E-state index is 0.0928. The Hall–Kier alpha value is -1.89. The number of benzene rings is 1. The second-order valence-electron chi connectivity index (χ2n) is 7.73. The van der Waals surface area contributed by atoms with E-state index in [2.05, 4.69) is 16.8 Å². The summed E-state index contributed by atoms with van der Waals surface area (Å²) in [5.41, 5.74) is 2.95. The van der Waals surface area contributed by atoms with E-state index in [9.17, 15) is 4.79 Å². The van der Waals surface area contributed by atoms with Gasteiger partial charge in [0.05, 0.1) is 24.5 Å². The van der Waals surface area contributed by atoms with Crippen molar-refractivity contribution in [1.29, 1.82) is 0 Å². The molecule has 0 unspecified atom stereocenters. The van der Waals surface area contributed by atoms with Gasteiger partial charge >= 0.3 is 0 Å². The van der Waals surface area contributed by atoms with Crippen LogP contribution in [0.2, 0.25) is 0 Å². The van der Waals surface area contributed by atoms with E-state index in [0.717, 1.165) is 49.8 Å². The highest BCUT2D eigenvalue weighted by Crippen LogP contribution is 2.20. The lowest BCUT2D eigenvalue weighted by Gasteiger charge is -2.29. The van der Waals surface area contributed by atoms with Gasteiger partial charge in [-0.1, -0.05) is 18.2 Å². The van der Waals surface area contributed by atoms with Crippen molar-refractivity contribution in [3.05, 3.63) is 51.9 Å². The van der Waals surface area contributed by atoms with Gasteiger partial charge in [0.25, 0.3) is 5.56 Å². The molecule has 0 saturated carbocycles. The molecule has 2 aliphatic rings. The molecule has 2 atom stereocenters. The molecule has 140 valence electrons. The normalized spacial score (nSPS) is 24.6. The third kappa shape index (κ3) is 3.13. The van der Waals surface area contributed by atoms with Gasteiger partial charge in [0, 0.05) is 50.9 Å². The average molecular weight is 356 g/mol. The second-order valence-corrected chi connectivity index (χ2v) is 7.73. The van der Waals surface area contributed by atoms with Gasteiger partial charge in [0.15, 0.2) is 0 Å².